The molecule has 1 atom stereocenters. The van der Waals surface area contributed by atoms with Gasteiger partial charge in [0.2, 0.25) is 0 Å². The number of H-pyrrole nitrogens is 1. The fourth-order valence-corrected chi connectivity index (χ4v) is 3.71. The fourth-order valence-electron chi connectivity index (χ4n) is 3.71. The van der Waals surface area contributed by atoms with Gasteiger partial charge in [-0.15, -0.1) is 0 Å². The normalized spacial score (nSPS) is 17.4. The molecule has 142 valence electrons. The minimum atomic E-state index is -0.256. The largest absolute Gasteiger partial charge is 0.292 e. The van der Waals surface area contributed by atoms with Gasteiger partial charge in [0.1, 0.15) is 0 Å². The van der Waals surface area contributed by atoms with Crippen LogP contribution < -0.4 is 5.43 Å². The molecule has 2 aromatic rings. The Kier molecular flexibility index (Phi) is 5.89. The number of hydrogen-bond acceptors (Lipinski definition) is 3. The summed E-state index contributed by atoms with van der Waals surface area (Å²) in [6.45, 7) is 6.80. The van der Waals surface area contributed by atoms with Crippen molar-refractivity contribution in [3.8, 4) is 0 Å². The zero-order valence-corrected chi connectivity index (χ0v) is 16.3. The molecule has 0 fully saturated rings. The third kappa shape index (κ3) is 5.39. The van der Waals surface area contributed by atoms with E-state index in [0.29, 0.717) is 17.0 Å². The van der Waals surface area contributed by atoms with Crippen LogP contribution >= 0.6 is 0 Å². The van der Waals surface area contributed by atoms with Gasteiger partial charge < -0.3 is 0 Å². The van der Waals surface area contributed by atoms with E-state index in [0.717, 1.165) is 42.5 Å². The van der Waals surface area contributed by atoms with Crippen molar-refractivity contribution in [3.63, 3.8) is 0 Å². The lowest BCUT2D eigenvalue weighted by Gasteiger charge is -2.28. The average Bonchev–Trinajstić information content (AvgIpc) is 3.04. The summed E-state index contributed by atoms with van der Waals surface area (Å²) in [6.07, 6.45) is 9.48. The molecule has 0 saturated carbocycles. The van der Waals surface area contributed by atoms with Crippen molar-refractivity contribution in [1.29, 1.82) is 0 Å². The molecule has 0 radical (unpaired) electrons. The van der Waals surface area contributed by atoms with Crippen molar-refractivity contribution in [2.24, 2.45) is 16.4 Å². The third-order valence-electron chi connectivity index (χ3n) is 4.78. The van der Waals surface area contributed by atoms with E-state index in [9.17, 15) is 4.79 Å². The van der Waals surface area contributed by atoms with E-state index < -0.39 is 0 Å². The standard InChI is InChI=1S/C22H28N4O/c1-22(2,3)15-17-11-12-19-18(14-17)20(25-24-19)21(27)26-23-13-7-10-16-8-5-4-6-9-16/h4-10,13,17H,11-12,14-15H2,1-3H3,(H,24,25)(H,26,27)/b10-7+,23-13-/t17-/m0/s1. The number of aromatic nitrogens is 2. The van der Waals surface area contributed by atoms with Crippen LogP contribution in [0.5, 0.6) is 0 Å². The van der Waals surface area contributed by atoms with Gasteiger partial charge in [0.15, 0.2) is 5.69 Å². The van der Waals surface area contributed by atoms with Crippen LogP contribution in [0.2, 0.25) is 0 Å². The summed E-state index contributed by atoms with van der Waals surface area (Å²) >= 11 is 0. The molecule has 5 nitrogen and oxygen atoms in total. The van der Waals surface area contributed by atoms with Crippen LogP contribution in [-0.2, 0) is 12.8 Å². The smallest absolute Gasteiger partial charge is 0.281 e. The molecule has 1 aliphatic carbocycles. The topological polar surface area (TPSA) is 70.1 Å². The van der Waals surface area contributed by atoms with Crippen molar-refractivity contribution in [2.45, 2.75) is 46.5 Å². The third-order valence-corrected chi connectivity index (χ3v) is 4.78. The Morgan fingerprint density at radius 3 is 2.85 bits per heavy atom. The maximum absolute atomic E-state index is 12.5. The van der Waals surface area contributed by atoms with Crippen LogP contribution in [0, 0.1) is 11.3 Å². The number of aromatic amines is 1. The molecule has 0 aliphatic heterocycles. The zero-order chi connectivity index (χ0) is 19.3. The number of hydrazone groups is 1. The summed E-state index contributed by atoms with van der Waals surface area (Å²) in [5.74, 6) is 0.340. The summed E-state index contributed by atoms with van der Waals surface area (Å²) in [5, 5.41) is 11.3. The van der Waals surface area contributed by atoms with Gasteiger partial charge in [0, 0.05) is 17.5 Å². The highest BCUT2D eigenvalue weighted by Crippen LogP contribution is 2.34. The summed E-state index contributed by atoms with van der Waals surface area (Å²) in [4.78, 5) is 12.5. The maximum atomic E-state index is 12.5. The monoisotopic (exact) mass is 364 g/mol. The first-order valence-electron chi connectivity index (χ1n) is 9.53. The lowest BCUT2D eigenvalue weighted by molar-refractivity contribution is 0.0948. The number of nitrogens with zero attached hydrogens (tertiary/aromatic N) is 2. The van der Waals surface area contributed by atoms with Gasteiger partial charge in [-0.05, 0) is 48.7 Å². The molecule has 1 aromatic carbocycles. The Bertz CT molecular complexity index is 828. The predicted molar refractivity (Wildman–Crippen MR) is 110 cm³/mol. The van der Waals surface area contributed by atoms with Crippen LogP contribution in [0.3, 0.4) is 0 Å². The number of carbonyl (C=O) groups excluding carboxylic acids is 1. The Morgan fingerprint density at radius 2 is 2.11 bits per heavy atom. The molecule has 3 rings (SSSR count). The highest BCUT2D eigenvalue weighted by molar-refractivity contribution is 5.94. The van der Waals surface area contributed by atoms with E-state index in [4.69, 9.17) is 0 Å². The Labute approximate surface area is 161 Å². The molecule has 1 aliphatic rings. The van der Waals surface area contributed by atoms with Crippen molar-refractivity contribution in [3.05, 3.63) is 58.9 Å². The summed E-state index contributed by atoms with van der Waals surface area (Å²) in [5.41, 5.74) is 6.59. The number of carbonyl (C=O) groups is 1. The van der Waals surface area contributed by atoms with Gasteiger partial charge in [0.05, 0.1) is 0 Å². The van der Waals surface area contributed by atoms with Crippen LogP contribution in [-0.4, -0.2) is 22.3 Å². The molecule has 2 N–H and O–H groups in total. The Hall–Kier alpha value is -2.69. The Balaban J connectivity index is 1.59. The number of fused-ring (bicyclic) bond motifs is 1. The predicted octanol–water partition coefficient (Wildman–Crippen LogP) is 4.38. The van der Waals surface area contributed by atoms with Gasteiger partial charge in [-0.25, -0.2) is 5.43 Å². The molecule has 0 saturated heterocycles. The number of benzene rings is 1. The first-order valence-corrected chi connectivity index (χ1v) is 9.53. The van der Waals surface area contributed by atoms with E-state index in [1.165, 1.54) is 0 Å². The van der Waals surface area contributed by atoms with E-state index >= 15 is 0 Å². The van der Waals surface area contributed by atoms with Gasteiger partial charge in [0.25, 0.3) is 5.91 Å². The quantitative estimate of drug-likeness (QED) is 0.610. The molecule has 0 bridgehead atoms. The molecule has 1 aromatic heterocycles. The Morgan fingerprint density at radius 1 is 1.33 bits per heavy atom. The lowest BCUT2D eigenvalue weighted by Crippen LogP contribution is -2.24. The number of nitrogens with one attached hydrogen (secondary N) is 2. The van der Waals surface area contributed by atoms with Crippen LogP contribution in [0.15, 0.2) is 41.5 Å². The fraction of sp³-hybridized carbons (Fsp3) is 0.409. The highest BCUT2D eigenvalue weighted by Gasteiger charge is 2.28. The van der Waals surface area contributed by atoms with E-state index in [2.05, 4.69) is 41.5 Å². The zero-order valence-electron chi connectivity index (χ0n) is 16.3. The second-order valence-corrected chi connectivity index (χ2v) is 8.39. The highest BCUT2D eigenvalue weighted by atomic mass is 16.2. The molecule has 0 unspecified atom stereocenters. The van der Waals surface area contributed by atoms with Crippen molar-refractivity contribution in [1.82, 2.24) is 15.6 Å². The molecular weight excluding hydrogens is 336 g/mol. The van der Waals surface area contributed by atoms with E-state index in [1.807, 2.05) is 36.4 Å². The van der Waals surface area contributed by atoms with Crippen LogP contribution in [0.25, 0.3) is 6.08 Å². The van der Waals surface area contributed by atoms with Crippen LogP contribution in [0.4, 0.5) is 0 Å². The number of rotatable bonds is 5. The molecule has 5 heteroatoms. The molecule has 0 spiro atoms. The minimum Gasteiger partial charge on any atom is -0.281 e. The van der Waals surface area contributed by atoms with Crippen molar-refractivity contribution >= 4 is 18.2 Å². The first-order chi connectivity index (χ1) is 12.9. The average molecular weight is 364 g/mol. The van der Waals surface area contributed by atoms with Gasteiger partial charge in [-0.2, -0.15) is 10.2 Å². The molecule has 27 heavy (non-hydrogen) atoms. The lowest BCUT2D eigenvalue weighted by atomic mass is 9.76. The summed E-state index contributed by atoms with van der Waals surface area (Å²) < 4.78 is 0. The number of amides is 1. The number of aryl methyl sites for hydroxylation is 1. The summed E-state index contributed by atoms with van der Waals surface area (Å²) in [6, 6.07) is 9.95. The van der Waals surface area contributed by atoms with Crippen molar-refractivity contribution in [2.75, 3.05) is 0 Å². The second kappa shape index (κ2) is 8.33. The number of allylic oxidation sites excluding steroid dienone is 1. The van der Waals surface area contributed by atoms with Gasteiger partial charge in [-0.1, -0.05) is 57.2 Å². The maximum Gasteiger partial charge on any atom is 0.292 e. The van der Waals surface area contributed by atoms with Crippen LogP contribution in [0.1, 0.15) is 60.9 Å². The minimum absolute atomic E-state index is 0.256. The number of hydrogen-bond donors (Lipinski definition) is 2. The van der Waals surface area contributed by atoms with Gasteiger partial charge >= 0.3 is 0 Å². The summed E-state index contributed by atoms with van der Waals surface area (Å²) in [7, 11) is 0. The first kappa shape index (κ1) is 19.1. The van der Waals surface area contributed by atoms with E-state index in [1.54, 1.807) is 12.3 Å². The second-order valence-electron chi connectivity index (χ2n) is 8.39. The molecule has 1 amide bonds. The van der Waals surface area contributed by atoms with Gasteiger partial charge in [-0.3, -0.25) is 9.89 Å². The SMILES string of the molecule is CC(C)(C)C[C@H]1CCc2[nH]nc(C(=O)N/N=C\C=C\c3ccccc3)c2C1. The molecular formula is C22H28N4O. The van der Waals surface area contributed by atoms with Crippen molar-refractivity contribution < 1.29 is 4.79 Å². The van der Waals surface area contributed by atoms with E-state index in [-0.39, 0.29) is 5.91 Å². The molecule has 1 heterocycles.